The van der Waals surface area contributed by atoms with Gasteiger partial charge in [-0.25, -0.2) is 9.67 Å². The lowest BCUT2D eigenvalue weighted by molar-refractivity contribution is 0.0989. The van der Waals surface area contributed by atoms with E-state index >= 15 is 0 Å². The fourth-order valence-electron chi connectivity index (χ4n) is 2.65. The first-order valence-electron chi connectivity index (χ1n) is 8.17. The molecule has 3 rings (SSSR count). The lowest BCUT2D eigenvalue weighted by Crippen LogP contribution is -2.17. The van der Waals surface area contributed by atoms with Crippen LogP contribution in [-0.4, -0.2) is 45.5 Å². The predicted octanol–water partition coefficient (Wildman–Crippen LogP) is 2.31. The molecule has 0 saturated carbocycles. The molecule has 0 radical (unpaired) electrons. The van der Waals surface area contributed by atoms with Crippen LogP contribution in [-0.2, 0) is 6.54 Å². The molecule has 1 heterocycles. The Hall–Kier alpha value is -3.03. The zero-order valence-corrected chi connectivity index (χ0v) is 15.6. The first kappa shape index (κ1) is 18.8. The van der Waals surface area contributed by atoms with Gasteiger partial charge in [-0.15, -0.1) is 5.10 Å². The molecule has 0 aliphatic heterocycles. The summed E-state index contributed by atoms with van der Waals surface area (Å²) in [5.41, 5.74) is 6.69. The van der Waals surface area contributed by atoms with Gasteiger partial charge in [-0.05, 0) is 32.3 Å². The number of amides is 1. The molecular formula is C19H18ClN5O2. The number of carbonyl (C=O) groups excluding carboxylic acids is 2. The van der Waals surface area contributed by atoms with E-state index in [2.05, 4.69) is 10.1 Å². The summed E-state index contributed by atoms with van der Waals surface area (Å²) < 4.78 is 1.46. The van der Waals surface area contributed by atoms with E-state index in [0.717, 1.165) is 0 Å². The fourth-order valence-corrected chi connectivity index (χ4v) is 2.82. The summed E-state index contributed by atoms with van der Waals surface area (Å²) in [7, 11) is 3.72. The Balaban J connectivity index is 2.18. The van der Waals surface area contributed by atoms with Crippen molar-refractivity contribution in [1.82, 2.24) is 19.7 Å². The number of primary amides is 1. The molecule has 7 nitrogen and oxygen atoms in total. The van der Waals surface area contributed by atoms with E-state index in [4.69, 9.17) is 17.3 Å². The van der Waals surface area contributed by atoms with Crippen LogP contribution in [0.4, 0.5) is 0 Å². The molecule has 0 bridgehead atoms. The number of hydrogen-bond donors (Lipinski definition) is 1. The Morgan fingerprint density at radius 2 is 1.85 bits per heavy atom. The van der Waals surface area contributed by atoms with E-state index in [1.807, 2.05) is 25.1 Å². The van der Waals surface area contributed by atoms with Crippen LogP contribution in [0.25, 0.3) is 5.69 Å². The maximum atomic E-state index is 13.0. The van der Waals surface area contributed by atoms with Gasteiger partial charge in [-0.3, -0.25) is 9.59 Å². The minimum atomic E-state index is -0.737. The molecular weight excluding hydrogens is 366 g/mol. The van der Waals surface area contributed by atoms with Crippen molar-refractivity contribution in [3.8, 4) is 5.69 Å². The highest BCUT2D eigenvalue weighted by atomic mass is 35.5. The molecule has 2 aromatic carbocycles. The second-order valence-electron chi connectivity index (χ2n) is 6.22. The van der Waals surface area contributed by atoms with Gasteiger partial charge in [-0.2, -0.15) is 0 Å². The molecule has 0 aliphatic rings. The smallest absolute Gasteiger partial charge is 0.288 e. The van der Waals surface area contributed by atoms with Crippen LogP contribution in [0.2, 0.25) is 5.02 Å². The van der Waals surface area contributed by atoms with E-state index in [-0.39, 0.29) is 11.6 Å². The maximum absolute atomic E-state index is 13.0. The minimum Gasteiger partial charge on any atom is -0.363 e. The number of nitrogens with two attached hydrogens (primary N) is 1. The molecule has 0 spiro atoms. The molecule has 3 aromatic rings. The van der Waals surface area contributed by atoms with Crippen molar-refractivity contribution in [2.75, 3.05) is 14.1 Å². The second-order valence-corrected chi connectivity index (χ2v) is 6.66. The van der Waals surface area contributed by atoms with Crippen molar-refractivity contribution in [3.63, 3.8) is 0 Å². The van der Waals surface area contributed by atoms with E-state index in [9.17, 15) is 9.59 Å². The van der Waals surface area contributed by atoms with Gasteiger partial charge >= 0.3 is 0 Å². The van der Waals surface area contributed by atoms with Crippen LogP contribution in [0.3, 0.4) is 0 Å². The normalized spacial score (nSPS) is 11.0. The Morgan fingerprint density at radius 3 is 2.48 bits per heavy atom. The zero-order valence-electron chi connectivity index (χ0n) is 14.9. The summed E-state index contributed by atoms with van der Waals surface area (Å²) in [5, 5.41) is 4.63. The highest BCUT2D eigenvalue weighted by molar-refractivity contribution is 6.31. The highest BCUT2D eigenvalue weighted by Gasteiger charge is 2.21. The molecule has 2 N–H and O–H groups in total. The summed E-state index contributed by atoms with van der Waals surface area (Å²) in [5.74, 6) is -0.572. The van der Waals surface area contributed by atoms with Crippen molar-refractivity contribution in [2.45, 2.75) is 6.54 Å². The number of halogens is 1. The van der Waals surface area contributed by atoms with Crippen LogP contribution < -0.4 is 5.73 Å². The molecule has 0 atom stereocenters. The predicted molar refractivity (Wildman–Crippen MR) is 102 cm³/mol. The molecule has 0 unspecified atom stereocenters. The number of benzene rings is 2. The zero-order chi connectivity index (χ0) is 19.6. The largest absolute Gasteiger partial charge is 0.363 e. The monoisotopic (exact) mass is 383 g/mol. The summed E-state index contributed by atoms with van der Waals surface area (Å²) >= 11 is 6.14. The standard InChI is InChI=1S/C19H18ClN5O2/c1-24(2)11-16-22-19(18(21)27)23-25(16)15-9-8-13(20)10-14(15)17(26)12-6-4-3-5-7-12/h3-10H,11H2,1-2H3,(H2,21,27). The van der Waals surface area contributed by atoms with E-state index in [1.54, 1.807) is 42.5 Å². The number of carbonyl (C=O) groups is 2. The topological polar surface area (TPSA) is 94.1 Å². The molecule has 1 amide bonds. The van der Waals surface area contributed by atoms with Crippen LogP contribution in [0.15, 0.2) is 48.5 Å². The van der Waals surface area contributed by atoms with Gasteiger partial charge in [0.25, 0.3) is 5.91 Å². The van der Waals surface area contributed by atoms with Crippen LogP contribution >= 0.6 is 11.6 Å². The maximum Gasteiger partial charge on any atom is 0.288 e. The van der Waals surface area contributed by atoms with Gasteiger partial charge in [0.1, 0.15) is 5.82 Å². The molecule has 8 heteroatoms. The van der Waals surface area contributed by atoms with Gasteiger partial charge in [0.05, 0.1) is 12.2 Å². The Labute approximate surface area is 161 Å². The van der Waals surface area contributed by atoms with E-state index in [0.29, 0.717) is 34.2 Å². The van der Waals surface area contributed by atoms with Gasteiger partial charge in [0.2, 0.25) is 5.82 Å². The van der Waals surface area contributed by atoms with Crippen LogP contribution in [0.1, 0.15) is 32.4 Å². The Kier molecular flexibility index (Phi) is 5.34. The molecule has 1 aromatic heterocycles. The molecule has 27 heavy (non-hydrogen) atoms. The summed E-state index contributed by atoms with van der Waals surface area (Å²) in [6.07, 6.45) is 0. The second kappa shape index (κ2) is 7.69. The third-order valence-electron chi connectivity index (χ3n) is 3.82. The third-order valence-corrected chi connectivity index (χ3v) is 4.05. The number of hydrogen-bond acceptors (Lipinski definition) is 5. The van der Waals surface area contributed by atoms with Crippen molar-refractivity contribution < 1.29 is 9.59 Å². The summed E-state index contributed by atoms with van der Waals surface area (Å²) in [6.45, 7) is 0.405. The SMILES string of the molecule is CN(C)Cc1nc(C(N)=O)nn1-c1ccc(Cl)cc1C(=O)c1ccccc1. The number of nitrogens with zero attached hydrogens (tertiary/aromatic N) is 4. The molecule has 138 valence electrons. The average molecular weight is 384 g/mol. The van der Waals surface area contributed by atoms with Gasteiger partial charge < -0.3 is 10.6 Å². The first-order chi connectivity index (χ1) is 12.9. The number of rotatable bonds is 6. The van der Waals surface area contributed by atoms with Crippen molar-refractivity contribution >= 4 is 23.3 Å². The molecule has 0 fully saturated rings. The average Bonchev–Trinajstić information content (AvgIpc) is 3.05. The summed E-state index contributed by atoms with van der Waals surface area (Å²) in [6, 6.07) is 13.8. The third kappa shape index (κ3) is 4.05. The Bertz CT molecular complexity index is 999. The van der Waals surface area contributed by atoms with Gasteiger partial charge in [0, 0.05) is 16.1 Å². The quantitative estimate of drug-likeness (QED) is 0.659. The summed E-state index contributed by atoms with van der Waals surface area (Å²) in [4.78, 5) is 30.7. The number of ketones is 1. The fraction of sp³-hybridized carbons (Fsp3) is 0.158. The Morgan fingerprint density at radius 1 is 1.15 bits per heavy atom. The first-order valence-corrected chi connectivity index (χ1v) is 8.54. The van der Waals surface area contributed by atoms with Crippen molar-refractivity contribution in [1.29, 1.82) is 0 Å². The molecule has 0 saturated heterocycles. The van der Waals surface area contributed by atoms with Crippen molar-refractivity contribution in [3.05, 3.63) is 76.3 Å². The van der Waals surface area contributed by atoms with Gasteiger partial charge in [-0.1, -0.05) is 41.9 Å². The number of aromatic nitrogens is 3. The van der Waals surface area contributed by atoms with Crippen LogP contribution in [0.5, 0.6) is 0 Å². The van der Waals surface area contributed by atoms with Crippen LogP contribution in [0, 0.1) is 0 Å². The minimum absolute atomic E-state index is 0.111. The lowest BCUT2D eigenvalue weighted by atomic mass is 10.0. The van der Waals surface area contributed by atoms with E-state index in [1.165, 1.54) is 4.68 Å². The highest BCUT2D eigenvalue weighted by Crippen LogP contribution is 2.24. The van der Waals surface area contributed by atoms with Crippen molar-refractivity contribution in [2.24, 2.45) is 5.73 Å². The van der Waals surface area contributed by atoms with E-state index < -0.39 is 5.91 Å². The van der Waals surface area contributed by atoms with Gasteiger partial charge in [0.15, 0.2) is 5.78 Å². The molecule has 0 aliphatic carbocycles. The lowest BCUT2D eigenvalue weighted by Gasteiger charge is -2.14.